The minimum absolute atomic E-state index is 0.0690. The number of rotatable bonds is 6. The van der Waals surface area contributed by atoms with E-state index < -0.39 is 0 Å². The maximum atomic E-state index is 12.9. The smallest absolute Gasteiger partial charge is 0.227 e. The Labute approximate surface area is 161 Å². The number of hydrogen-bond acceptors (Lipinski definition) is 3. The number of likely N-dealkylation sites (N-methyl/N-ethyl adjacent to an activating group) is 1. The molecule has 0 radical (unpaired) electrons. The molecule has 1 fully saturated rings. The molecule has 5 nitrogen and oxygen atoms in total. The summed E-state index contributed by atoms with van der Waals surface area (Å²) < 4.78 is 0. The van der Waals surface area contributed by atoms with Gasteiger partial charge in [-0.1, -0.05) is 42.5 Å². The molecule has 2 aromatic rings. The molecule has 1 aliphatic rings. The molecule has 3 rings (SSSR count). The van der Waals surface area contributed by atoms with Crippen LogP contribution in [0.2, 0.25) is 0 Å². The van der Waals surface area contributed by atoms with Gasteiger partial charge in [0.1, 0.15) is 0 Å². The van der Waals surface area contributed by atoms with Gasteiger partial charge in [0.15, 0.2) is 0 Å². The third-order valence-electron chi connectivity index (χ3n) is 5.22. The van der Waals surface area contributed by atoms with E-state index >= 15 is 0 Å². The summed E-state index contributed by atoms with van der Waals surface area (Å²) >= 11 is 0. The van der Waals surface area contributed by atoms with E-state index in [0.29, 0.717) is 19.5 Å². The quantitative estimate of drug-likeness (QED) is 0.852. The zero-order chi connectivity index (χ0) is 19.2. The Hall–Kier alpha value is -2.40. The standard InChI is InChI=1S/C22H29N3O2/c1-24(2)14-12-23-22(27)19-10-6-13-25(16-19)21(26)15-18-9-5-8-17-7-3-4-11-20(17)18/h3-5,7-9,11,19H,6,10,12-16H2,1-2H3,(H,23,27)/t19-/m1/s1. The molecule has 2 aromatic carbocycles. The summed E-state index contributed by atoms with van der Waals surface area (Å²) in [5.41, 5.74) is 1.05. The van der Waals surface area contributed by atoms with Gasteiger partial charge in [0, 0.05) is 26.2 Å². The van der Waals surface area contributed by atoms with Crippen molar-refractivity contribution in [2.24, 2.45) is 5.92 Å². The lowest BCUT2D eigenvalue weighted by atomic mass is 9.96. The number of piperidine rings is 1. The van der Waals surface area contributed by atoms with Crippen molar-refractivity contribution in [2.75, 3.05) is 40.3 Å². The molecule has 144 valence electrons. The number of fused-ring (bicyclic) bond motifs is 1. The second-order valence-corrected chi connectivity index (χ2v) is 7.59. The van der Waals surface area contributed by atoms with Gasteiger partial charge in [-0.3, -0.25) is 9.59 Å². The highest BCUT2D eigenvalue weighted by Crippen LogP contribution is 2.22. The predicted molar refractivity (Wildman–Crippen MR) is 109 cm³/mol. The lowest BCUT2D eigenvalue weighted by Gasteiger charge is -2.32. The first-order valence-corrected chi connectivity index (χ1v) is 9.71. The highest BCUT2D eigenvalue weighted by Gasteiger charge is 2.28. The van der Waals surface area contributed by atoms with Gasteiger partial charge in [-0.25, -0.2) is 0 Å². The van der Waals surface area contributed by atoms with Gasteiger partial charge in [-0.15, -0.1) is 0 Å². The van der Waals surface area contributed by atoms with Crippen molar-refractivity contribution < 1.29 is 9.59 Å². The van der Waals surface area contributed by atoms with Crippen LogP contribution < -0.4 is 5.32 Å². The Morgan fingerprint density at radius 3 is 2.74 bits per heavy atom. The van der Waals surface area contributed by atoms with E-state index in [1.165, 1.54) is 0 Å². The number of nitrogens with zero attached hydrogens (tertiary/aromatic N) is 2. The van der Waals surface area contributed by atoms with E-state index in [9.17, 15) is 9.59 Å². The molecular weight excluding hydrogens is 338 g/mol. The highest BCUT2D eigenvalue weighted by atomic mass is 16.2. The van der Waals surface area contributed by atoms with Crippen molar-refractivity contribution in [3.8, 4) is 0 Å². The number of carbonyl (C=O) groups excluding carboxylic acids is 2. The summed E-state index contributed by atoms with van der Waals surface area (Å²) in [6, 6.07) is 14.2. The zero-order valence-corrected chi connectivity index (χ0v) is 16.3. The molecule has 1 saturated heterocycles. The van der Waals surface area contributed by atoms with Crippen LogP contribution in [0.15, 0.2) is 42.5 Å². The highest BCUT2D eigenvalue weighted by molar-refractivity contribution is 5.90. The molecule has 1 N–H and O–H groups in total. The Morgan fingerprint density at radius 1 is 1.15 bits per heavy atom. The normalized spacial score (nSPS) is 17.3. The van der Waals surface area contributed by atoms with E-state index in [-0.39, 0.29) is 17.7 Å². The van der Waals surface area contributed by atoms with Crippen LogP contribution in [0.3, 0.4) is 0 Å². The fourth-order valence-electron chi connectivity index (χ4n) is 3.69. The number of amides is 2. The largest absolute Gasteiger partial charge is 0.355 e. The lowest BCUT2D eigenvalue weighted by Crippen LogP contribution is -2.46. The fraction of sp³-hybridized carbons (Fsp3) is 0.455. The van der Waals surface area contributed by atoms with Crippen LogP contribution in [0.5, 0.6) is 0 Å². The van der Waals surface area contributed by atoms with E-state index in [2.05, 4.69) is 23.5 Å². The molecule has 0 unspecified atom stereocenters. The first-order chi connectivity index (χ1) is 13.0. The van der Waals surface area contributed by atoms with Crippen LogP contribution in [-0.2, 0) is 16.0 Å². The number of carbonyl (C=O) groups is 2. The van der Waals surface area contributed by atoms with E-state index in [1.807, 2.05) is 48.2 Å². The van der Waals surface area contributed by atoms with Crippen LogP contribution >= 0.6 is 0 Å². The average Bonchev–Trinajstić information content (AvgIpc) is 2.68. The lowest BCUT2D eigenvalue weighted by molar-refractivity contribution is -0.135. The molecule has 2 amide bonds. The Balaban J connectivity index is 1.60. The zero-order valence-electron chi connectivity index (χ0n) is 16.3. The van der Waals surface area contributed by atoms with E-state index in [1.54, 1.807) is 0 Å². The predicted octanol–water partition coefficient (Wildman–Crippen LogP) is 2.30. The molecule has 0 aliphatic carbocycles. The maximum Gasteiger partial charge on any atom is 0.227 e. The van der Waals surface area contributed by atoms with Gasteiger partial charge < -0.3 is 15.1 Å². The molecule has 0 bridgehead atoms. The Morgan fingerprint density at radius 2 is 1.93 bits per heavy atom. The topological polar surface area (TPSA) is 52.7 Å². The summed E-state index contributed by atoms with van der Waals surface area (Å²) in [6.45, 7) is 2.73. The van der Waals surface area contributed by atoms with Gasteiger partial charge in [0.25, 0.3) is 0 Å². The maximum absolute atomic E-state index is 12.9. The van der Waals surface area contributed by atoms with Gasteiger partial charge >= 0.3 is 0 Å². The van der Waals surface area contributed by atoms with Crippen LogP contribution in [0.25, 0.3) is 10.8 Å². The first kappa shape index (κ1) is 19.4. The van der Waals surface area contributed by atoms with Crippen LogP contribution in [-0.4, -0.2) is 61.9 Å². The summed E-state index contributed by atoms with van der Waals surface area (Å²) in [6.07, 6.45) is 2.12. The summed E-state index contributed by atoms with van der Waals surface area (Å²) in [5, 5.41) is 5.28. The SMILES string of the molecule is CN(C)CCNC(=O)[C@@H]1CCCN(C(=O)Cc2cccc3ccccc23)C1. The molecule has 1 aliphatic heterocycles. The number of benzene rings is 2. The van der Waals surface area contributed by atoms with Crippen LogP contribution in [0.1, 0.15) is 18.4 Å². The molecule has 1 atom stereocenters. The van der Waals surface area contributed by atoms with Gasteiger partial charge in [-0.05, 0) is 43.3 Å². The second kappa shape index (κ2) is 9.00. The van der Waals surface area contributed by atoms with E-state index in [4.69, 9.17) is 0 Å². The number of likely N-dealkylation sites (tertiary alicyclic amines) is 1. The molecule has 5 heteroatoms. The molecular formula is C22H29N3O2. The average molecular weight is 367 g/mol. The molecule has 0 saturated carbocycles. The van der Waals surface area contributed by atoms with Crippen molar-refractivity contribution in [3.63, 3.8) is 0 Å². The third kappa shape index (κ3) is 5.07. The summed E-state index contributed by atoms with van der Waals surface area (Å²) in [5.74, 6) is 0.0778. The second-order valence-electron chi connectivity index (χ2n) is 7.59. The van der Waals surface area contributed by atoms with Crippen molar-refractivity contribution in [1.82, 2.24) is 15.1 Å². The van der Waals surface area contributed by atoms with Crippen LogP contribution in [0, 0.1) is 5.92 Å². The molecule has 1 heterocycles. The molecule has 0 spiro atoms. The summed E-state index contributed by atoms with van der Waals surface area (Å²) in [4.78, 5) is 29.2. The first-order valence-electron chi connectivity index (χ1n) is 9.71. The van der Waals surface area contributed by atoms with Crippen molar-refractivity contribution in [1.29, 1.82) is 0 Å². The van der Waals surface area contributed by atoms with Crippen LogP contribution in [0.4, 0.5) is 0 Å². The van der Waals surface area contributed by atoms with Gasteiger partial charge in [-0.2, -0.15) is 0 Å². The molecule has 27 heavy (non-hydrogen) atoms. The van der Waals surface area contributed by atoms with Gasteiger partial charge in [0.2, 0.25) is 11.8 Å². The monoisotopic (exact) mass is 367 g/mol. The minimum atomic E-state index is -0.0996. The van der Waals surface area contributed by atoms with Gasteiger partial charge in [0.05, 0.1) is 12.3 Å². The Bertz CT molecular complexity index is 798. The van der Waals surface area contributed by atoms with Crippen molar-refractivity contribution >= 4 is 22.6 Å². The number of hydrogen-bond donors (Lipinski definition) is 1. The van der Waals surface area contributed by atoms with Crippen molar-refractivity contribution in [2.45, 2.75) is 19.3 Å². The summed E-state index contributed by atoms with van der Waals surface area (Å²) in [7, 11) is 3.97. The van der Waals surface area contributed by atoms with E-state index in [0.717, 1.165) is 42.3 Å². The number of nitrogens with one attached hydrogen (secondary N) is 1. The fourth-order valence-corrected chi connectivity index (χ4v) is 3.69. The molecule has 0 aromatic heterocycles. The Kier molecular flexibility index (Phi) is 6.45. The minimum Gasteiger partial charge on any atom is -0.355 e. The third-order valence-corrected chi connectivity index (χ3v) is 5.22. The van der Waals surface area contributed by atoms with Crippen molar-refractivity contribution in [3.05, 3.63) is 48.0 Å².